The van der Waals surface area contributed by atoms with Gasteiger partial charge in [-0.15, -0.1) is 0 Å². The number of pyridine rings is 1. The molecule has 0 aliphatic carbocycles. The summed E-state index contributed by atoms with van der Waals surface area (Å²) in [6, 6.07) is 8.89. The largest absolute Gasteiger partial charge is 0.416 e. The standard InChI is InChI=1S/C29H17ClF5N5O2/c1-13-4-24-36-12-37-40(24)11-21(13)14-7-20-25(26(39-28(20)42)19-10-17(31)2-3-22(19)30)23(8-14)38-27(41)15-5-16(29(33,34)35)9-18(32)6-15/h2-12,26H,1H3,(H,38,41)(H,39,42)/t26-/m0/s1. The zero-order chi connectivity index (χ0) is 29.9. The normalized spacial score (nSPS) is 14.6. The van der Waals surface area contributed by atoms with Gasteiger partial charge >= 0.3 is 6.18 Å². The summed E-state index contributed by atoms with van der Waals surface area (Å²) in [4.78, 5) is 30.7. The molecule has 0 saturated heterocycles. The molecule has 3 heterocycles. The minimum atomic E-state index is -4.90. The fraction of sp³-hybridized carbons (Fsp3) is 0.103. The SMILES string of the molecule is Cc1cc2ncnn2cc1-c1cc(NC(=O)c2cc(F)cc(C(F)(F)F)c2)c2c(c1)C(=O)N[C@H]2c1cc(F)ccc1Cl. The number of aryl methyl sites for hydroxylation is 1. The summed E-state index contributed by atoms with van der Waals surface area (Å²) in [7, 11) is 0. The van der Waals surface area contributed by atoms with Gasteiger partial charge in [-0.05, 0) is 72.6 Å². The average molecular weight is 598 g/mol. The predicted molar refractivity (Wildman–Crippen MR) is 143 cm³/mol. The minimum absolute atomic E-state index is 0.0204. The first kappa shape index (κ1) is 27.3. The van der Waals surface area contributed by atoms with E-state index in [0.717, 1.165) is 17.7 Å². The van der Waals surface area contributed by atoms with Crippen LogP contribution in [0.25, 0.3) is 16.8 Å². The Bertz CT molecular complexity index is 1940. The average Bonchev–Trinajstić information content (AvgIpc) is 3.52. The van der Waals surface area contributed by atoms with Crippen molar-refractivity contribution in [3.05, 3.63) is 117 Å². The van der Waals surface area contributed by atoms with E-state index in [9.17, 15) is 31.5 Å². The number of hydrogen-bond acceptors (Lipinski definition) is 4. The molecule has 0 bridgehead atoms. The molecule has 0 radical (unpaired) electrons. The molecule has 6 rings (SSSR count). The maximum atomic E-state index is 14.2. The molecule has 13 heteroatoms. The van der Waals surface area contributed by atoms with Gasteiger partial charge in [0, 0.05) is 44.7 Å². The van der Waals surface area contributed by atoms with E-state index in [0.29, 0.717) is 28.9 Å². The first-order chi connectivity index (χ1) is 19.9. The molecular formula is C29H17ClF5N5O2. The predicted octanol–water partition coefficient (Wildman–Crippen LogP) is 6.74. The number of aromatic nitrogens is 3. The lowest BCUT2D eigenvalue weighted by atomic mass is 9.92. The van der Waals surface area contributed by atoms with E-state index in [4.69, 9.17) is 11.6 Å². The van der Waals surface area contributed by atoms with Crippen LogP contribution < -0.4 is 10.6 Å². The van der Waals surface area contributed by atoms with Crippen LogP contribution in [0.4, 0.5) is 27.6 Å². The Morgan fingerprint density at radius 3 is 2.57 bits per heavy atom. The lowest BCUT2D eigenvalue weighted by Crippen LogP contribution is -2.21. The molecule has 0 fully saturated rings. The third-order valence-electron chi connectivity index (χ3n) is 6.93. The van der Waals surface area contributed by atoms with Gasteiger partial charge in [-0.2, -0.15) is 18.3 Å². The summed E-state index contributed by atoms with van der Waals surface area (Å²) in [6.07, 6.45) is -1.87. The van der Waals surface area contributed by atoms with Gasteiger partial charge < -0.3 is 10.6 Å². The Kier molecular flexibility index (Phi) is 6.45. The van der Waals surface area contributed by atoms with Crippen molar-refractivity contribution in [3.8, 4) is 11.1 Å². The molecule has 0 spiro atoms. The van der Waals surface area contributed by atoms with Gasteiger partial charge in [0.2, 0.25) is 0 Å². The lowest BCUT2D eigenvalue weighted by molar-refractivity contribution is -0.137. The maximum absolute atomic E-state index is 14.2. The Morgan fingerprint density at radius 1 is 1.02 bits per heavy atom. The quantitative estimate of drug-likeness (QED) is 0.225. The third kappa shape index (κ3) is 4.83. The molecule has 7 nitrogen and oxygen atoms in total. The minimum Gasteiger partial charge on any atom is -0.341 e. The van der Waals surface area contributed by atoms with Crippen LogP contribution in [0.3, 0.4) is 0 Å². The number of amides is 2. The number of rotatable bonds is 4. The summed E-state index contributed by atoms with van der Waals surface area (Å²) in [6.45, 7) is 1.80. The molecule has 212 valence electrons. The number of halogens is 6. The van der Waals surface area contributed by atoms with Crippen LogP contribution in [0.15, 0.2) is 67.1 Å². The highest BCUT2D eigenvalue weighted by atomic mass is 35.5. The van der Waals surface area contributed by atoms with Crippen LogP contribution in [-0.4, -0.2) is 26.4 Å². The van der Waals surface area contributed by atoms with Crippen LogP contribution in [-0.2, 0) is 6.18 Å². The highest BCUT2D eigenvalue weighted by Gasteiger charge is 2.36. The molecule has 1 aliphatic heterocycles. The number of anilines is 1. The van der Waals surface area contributed by atoms with Crippen LogP contribution in [0.5, 0.6) is 0 Å². The van der Waals surface area contributed by atoms with E-state index in [2.05, 4.69) is 20.7 Å². The highest BCUT2D eigenvalue weighted by molar-refractivity contribution is 6.31. The van der Waals surface area contributed by atoms with Gasteiger partial charge in [0.1, 0.15) is 18.0 Å². The Morgan fingerprint density at radius 2 is 1.81 bits per heavy atom. The van der Waals surface area contributed by atoms with E-state index in [1.165, 1.54) is 23.0 Å². The molecule has 1 aliphatic rings. The van der Waals surface area contributed by atoms with Crippen molar-refractivity contribution >= 4 is 34.7 Å². The van der Waals surface area contributed by atoms with E-state index in [-0.39, 0.29) is 33.5 Å². The van der Waals surface area contributed by atoms with Crippen molar-refractivity contribution in [2.75, 3.05) is 5.32 Å². The Hall–Kier alpha value is -4.84. The van der Waals surface area contributed by atoms with Gasteiger partial charge in [0.05, 0.1) is 11.6 Å². The number of carbonyl (C=O) groups excluding carboxylic acids is 2. The molecule has 0 unspecified atom stereocenters. The number of nitrogens with one attached hydrogen (secondary N) is 2. The van der Waals surface area contributed by atoms with E-state index in [1.54, 1.807) is 25.3 Å². The van der Waals surface area contributed by atoms with Crippen molar-refractivity contribution in [2.24, 2.45) is 0 Å². The summed E-state index contributed by atoms with van der Waals surface area (Å²) < 4.78 is 69.9. The van der Waals surface area contributed by atoms with E-state index in [1.807, 2.05) is 0 Å². The monoisotopic (exact) mass is 597 g/mol. The molecule has 0 saturated carbocycles. The summed E-state index contributed by atoms with van der Waals surface area (Å²) in [5.74, 6) is -3.51. The second-order valence-electron chi connectivity index (χ2n) is 9.67. The highest BCUT2D eigenvalue weighted by Crippen LogP contribution is 2.42. The Balaban J connectivity index is 1.53. The van der Waals surface area contributed by atoms with Gasteiger partial charge in [-0.1, -0.05) is 11.6 Å². The molecule has 42 heavy (non-hydrogen) atoms. The molecule has 2 amide bonds. The zero-order valence-electron chi connectivity index (χ0n) is 21.4. The number of carbonyl (C=O) groups is 2. The number of alkyl halides is 3. The molecule has 1 atom stereocenters. The lowest BCUT2D eigenvalue weighted by Gasteiger charge is -2.19. The summed E-state index contributed by atoms with van der Waals surface area (Å²) in [5.41, 5.74) is 0.963. The van der Waals surface area contributed by atoms with E-state index < -0.39 is 46.8 Å². The molecule has 2 N–H and O–H groups in total. The van der Waals surface area contributed by atoms with Crippen LogP contribution >= 0.6 is 11.6 Å². The van der Waals surface area contributed by atoms with Crippen LogP contribution in [0, 0.1) is 18.6 Å². The molecule has 5 aromatic rings. The first-order valence-electron chi connectivity index (χ1n) is 12.3. The maximum Gasteiger partial charge on any atom is 0.416 e. The number of fused-ring (bicyclic) bond motifs is 2. The smallest absolute Gasteiger partial charge is 0.341 e. The van der Waals surface area contributed by atoms with Gasteiger partial charge in [0.15, 0.2) is 5.65 Å². The number of hydrogen-bond donors (Lipinski definition) is 2. The zero-order valence-corrected chi connectivity index (χ0v) is 22.1. The van der Waals surface area contributed by atoms with Crippen LogP contribution in [0.2, 0.25) is 5.02 Å². The fourth-order valence-corrected chi connectivity index (χ4v) is 5.23. The van der Waals surface area contributed by atoms with Crippen LogP contribution in [0.1, 0.15) is 49.0 Å². The first-order valence-corrected chi connectivity index (χ1v) is 12.7. The van der Waals surface area contributed by atoms with E-state index >= 15 is 0 Å². The Labute approximate surface area is 239 Å². The van der Waals surface area contributed by atoms with Gasteiger partial charge in [0.25, 0.3) is 11.8 Å². The van der Waals surface area contributed by atoms with Crippen molar-refractivity contribution in [3.63, 3.8) is 0 Å². The molecular weight excluding hydrogens is 581 g/mol. The van der Waals surface area contributed by atoms with Gasteiger partial charge in [-0.3, -0.25) is 9.59 Å². The van der Waals surface area contributed by atoms with Crippen molar-refractivity contribution < 1.29 is 31.5 Å². The van der Waals surface area contributed by atoms with Gasteiger partial charge in [-0.25, -0.2) is 18.3 Å². The second-order valence-corrected chi connectivity index (χ2v) is 10.1. The summed E-state index contributed by atoms with van der Waals surface area (Å²) in [5, 5.41) is 9.54. The molecule has 2 aromatic heterocycles. The van der Waals surface area contributed by atoms with Crippen molar-refractivity contribution in [2.45, 2.75) is 19.1 Å². The van der Waals surface area contributed by atoms with Crippen molar-refractivity contribution in [1.82, 2.24) is 19.9 Å². The number of nitrogens with zero attached hydrogens (tertiary/aromatic N) is 3. The second kappa shape index (κ2) is 9.91. The fourth-order valence-electron chi connectivity index (χ4n) is 5.00. The topological polar surface area (TPSA) is 88.4 Å². The molecule has 3 aromatic carbocycles. The van der Waals surface area contributed by atoms with Crippen molar-refractivity contribution in [1.29, 1.82) is 0 Å². The third-order valence-corrected chi connectivity index (χ3v) is 7.27. The number of benzene rings is 3. The summed E-state index contributed by atoms with van der Waals surface area (Å²) >= 11 is 6.35.